The molecule has 4 nitrogen and oxygen atoms in total. The summed E-state index contributed by atoms with van der Waals surface area (Å²) in [5.74, 6) is 0.0420. The molecule has 0 saturated heterocycles. The third-order valence-electron chi connectivity index (χ3n) is 4.23. The fraction of sp³-hybridized carbons (Fsp3) is 0.800. The van der Waals surface area contributed by atoms with Crippen LogP contribution >= 0.6 is 0 Å². The summed E-state index contributed by atoms with van der Waals surface area (Å²) in [6, 6.07) is 0.338. The van der Waals surface area contributed by atoms with E-state index in [1.165, 1.54) is 0 Å². The van der Waals surface area contributed by atoms with E-state index in [4.69, 9.17) is 0 Å². The molecule has 1 N–H and O–H groups in total. The SMILES string of the molecule is CN(C)C/C=C/C(=O)NC1CCC(C)(N(C)C)CC1. The molecule has 0 atom stereocenters. The van der Waals surface area contributed by atoms with Crippen LogP contribution in [0.15, 0.2) is 12.2 Å². The maximum Gasteiger partial charge on any atom is 0.243 e. The minimum absolute atomic E-state index is 0.0420. The van der Waals surface area contributed by atoms with Gasteiger partial charge in [0.25, 0.3) is 0 Å². The molecule has 1 fully saturated rings. The Morgan fingerprint density at radius 3 is 2.32 bits per heavy atom. The summed E-state index contributed by atoms with van der Waals surface area (Å²) in [6.45, 7) is 3.11. The highest BCUT2D eigenvalue weighted by atomic mass is 16.1. The number of hydrogen-bond acceptors (Lipinski definition) is 3. The molecule has 1 saturated carbocycles. The summed E-state index contributed by atoms with van der Waals surface area (Å²) >= 11 is 0. The van der Waals surface area contributed by atoms with Gasteiger partial charge in [0.15, 0.2) is 0 Å². The Balaban J connectivity index is 2.33. The Labute approximate surface area is 117 Å². The van der Waals surface area contributed by atoms with Crippen LogP contribution < -0.4 is 5.32 Å². The van der Waals surface area contributed by atoms with Crippen LogP contribution in [-0.2, 0) is 4.79 Å². The molecule has 0 heterocycles. The zero-order chi connectivity index (χ0) is 14.5. The maximum absolute atomic E-state index is 11.8. The lowest BCUT2D eigenvalue weighted by atomic mass is 9.80. The second-order valence-corrected chi connectivity index (χ2v) is 6.34. The summed E-state index contributed by atoms with van der Waals surface area (Å²) in [5, 5.41) is 3.11. The van der Waals surface area contributed by atoms with Crippen LogP contribution in [0.3, 0.4) is 0 Å². The molecule has 0 bridgehead atoms. The molecule has 0 spiro atoms. The molecule has 0 unspecified atom stereocenters. The predicted molar refractivity (Wildman–Crippen MR) is 80.2 cm³/mol. The fourth-order valence-electron chi connectivity index (χ4n) is 2.45. The second kappa shape index (κ2) is 7.06. The standard InChI is InChI=1S/C15H29N3O/c1-15(18(4)5)10-8-13(9-11-15)16-14(19)7-6-12-17(2)3/h6-7,13H,8-12H2,1-5H3,(H,16,19)/b7-6+. The Morgan fingerprint density at radius 2 is 1.84 bits per heavy atom. The number of carbonyl (C=O) groups excluding carboxylic acids is 1. The molecule has 0 aromatic rings. The van der Waals surface area contributed by atoms with Gasteiger partial charge in [-0.05, 0) is 60.8 Å². The van der Waals surface area contributed by atoms with Crippen LogP contribution in [-0.4, -0.2) is 62.0 Å². The molecule has 110 valence electrons. The molecule has 0 aliphatic heterocycles. The summed E-state index contributed by atoms with van der Waals surface area (Å²) in [6.07, 6.45) is 7.99. The lowest BCUT2D eigenvalue weighted by Gasteiger charge is -2.42. The van der Waals surface area contributed by atoms with Crippen LogP contribution in [0.1, 0.15) is 32.6 Å². The average molecular weight is 267 g/mol. The van der Waals surface area contributed by atoms with Crippen LogP contribution in [0, 0.1) is 0 Å². The van der Waals surface area contributed by atoms with E-state index >= 15 is 0 Å². The highest BCUT2D eigenvalue weighted by Crippen LogP contribution is 2.31. The van der Waals surface area contributed by atoms with Gasteiger partial charge >= 0.3 is 0 Å². The zero-order valence-electron chi connectivity index (χ0n) is 13.1. The smallest absolute Gasteiger partial charge is 0.243 e. The first-order valence-electron chi connectivity index (χ1n) is 7.13. The van der Waals surface area contributed by atoms with Crippen molar-refractivity contribution >= 4 is 5.91 Å². The van der Waals surface area contributed by atoms with Crippen molar-refractivity contribution in [2.45, 2.75) is 44.2 Å². The van der Waals surface area contributed by atoms with E-state index in [1.54, 1.807) is 6.08 Å². The minimum Gasteiger partial charge on any atom is -0.350 e. The van der Waals surface area contributed by atoms with Crippen molar-refractivity contribution in [3.05, 3.63) is 12.2 Å². The van der Waals surface area contributed by atoms with Gasteiger partial charge in [-0.25, -0.2) is 0 Å². The molecule has 1 rings (SSSR count). The van der Waals surface area contributed by atoms with Crippen molar-refractivity contribution in [3.63, 3.8) is 0 Å². The van der Waals surface area contributed by atoms with Gasteiger partial charge in [-0.15, -0.1) is 0 Å². The van der Waals surface area contributed by atoms with Crippen LogP contribution in [0.5, 0.6) is 0 Å². The summed E-state index contributed by atoms with van der Waals surface area (Å²) < 4.78 is 0. The van der Waals surface area contributed by atoms with Crippen molar-refractivity contribution in [2.24, 2.45) is 0 Å². The topological polar surface area (TPSA) is 35.6 Å². The highest BCUT2D eigenvalue weighted by Gasteiger charge is 2.32. The summed E-state index contributed by atoms with van der Waals surface area (Å²) in [5.41, 5.74) is 0.294. The molecule has 1 amide bonds. The lowest BCUT2D eigenvalue weighted by molar-refractivity contribution is -0.117. The quantitative estimate of drug-likeness (QED) is 0.767. The van der Waals surface area contributed by atoms with Gasteiger partial charge in [0.2, 0.25) is 5.91 Å². The predicted octanol–water partition coefficient (Wildman–Crippen LogP) is 1.48. The van der Waals surface area contributed by atoms with E-state index in [0.29, 0.717) is 11.6 Å². The van der Waals surface area contributed by atoms with E-state index in [2.05, 4.69) is 31.2 Å². The van der Waals surface area contributed by atoms with E-state index in [0.717, 1.165) is 32.2 Å². The van der Waals surface area contributed by atoms with Crippen molar-refractivity contribution < 1.29 is 4.79 Å². The molecule has 19 heavy (non-hydrogen) atoms. The molecular formula is C15H29N3O. The average Bonchev–Trinajstić information content (AvgIpc) is 2.31. The monoisotopic (exact) mass is 267 g/mol. The first kappa shape index (κ1) is 16.2. The van der Waals surface area contributed by atoms with Crippen molar-refractivity contribution in [1.29, 1.82) is 0 Å². The summed E-state index contributed by atoms with van der Waals surface area (Å²) in [7, 11) is 8.27. The number of carbonyl (C=O) groups is 1. The number of nitrogens with one attached hydrogen (secondary N) is 1. The van der Waals surface area contributed by atoms with Gasteiger partial charge in [0.05, 0.1) is 0 Å². The lowest BCUT2D eigenvalue weighted by Crippen LogP contribution is -2.48. The summed E-state index contributed by atoms with van der Waals surface area (Å²) in [4.78, 5) is 16.1. The van der Waals surface area contributed by atoms with Gasteiger partial charge < -0.3 is 15.1 Å². The first-order chi connectivity index (χ1) is 8.83. The van der Waals surface area contributed by atoms with Gasteiger partial charge in [-0.1, -0.05) is 6.08 Å². The molecule has 1 aliphatic carbocycles. The second-order valence-electron chi connectivity index (χ2n) is 6.34. The van der Waals surface area contributed by atoms with E-state index in [1.807, 2.05) is 25.1 Å². The van der Waals surface area contributed by atoms with E-state index in [9.17, 15) is 4.79 Å². The molecule has 0 aromatic heterocycles. The number of hydrogen-bond donors (Lipinski definition) is 1. The van der Waals surface area contributed by atoms with Crippen molar-refractivity contribution in [3.8, 4) is 0 Å². The third kappa shape index (κ3) is 5.33. The van der Waals surface area contributed by atoms with Gasteiger partial charge in [0, 0.05) is 24.2 Å². The van der Waals surface area contributed by atoms with E-state index in [-0.39, 0.29) is 5.91 Å². The van der Waals surface area contributed by atoms with Crippen molar-refractivity contribution in [1.82, 2.24) is 15.1 Å². The van der Waals surface area contributed by atoms with Gasteiger partial charge in [0.1, 0.15) is 0 Å². The molecule has 1 aliphatic rings. The number of likely N-dealkylation sites (N-methyl/N-ethyl adjacent to an activating group) is 1. The van der Waals surface area contributed by atoms with E-state index < -0.39 is 0 Å². The molecule has 0 aromatic carbocycles. The fourth-order valence-corrected chi connectivity index (χ4v) is 2.45. The molecule has 0 radical (unpaired) electrons. The normalized spacial score (nSPS) is 28.3. The minimum atomic E-state index is 0.0420. The number of nitrogens with zero attached hydrogens (tertiary/aromatic N) is 2. The largest absolute Gasteiger partial charge is 0.350 e. The number of rotatable bonds is 5. The van der Waals surface area contributed by atoms with Gasteiger partial charge in [-0.2, -0.15) is 0 Å². The zero-order valence-corrected chi connectivity index (χ0v) is 13.1. The van der Waals surface area contributed by atoms with Gasteiger partial charge in [-0.3, -0.25) is 4.79 Å². The highest BCUT2D eigenvalue weighted by molar-refractivity contribution is 5.87. The Kier molecular flexibility index (Phi) is 6.01. The third-order valence-corrected chi connectivity index (χ3v) is 4.23. The molecule has 4 heteroatoms. The Morgan fingerprint density at radius 1 is 1.26 bits per heavy atom. The van der Waals surface area contributed by atoms with Crippen molar-refractivity contribution in [2.75, 3.05) is 34.7 Å². The van der Waals surface area contributed by atoms with Crippen LogP contribution in [0.2, 0.25) is 0 Å². The maximum atomic E-state index is 11.8. The number of amides is 1. The Hall–Kier alpha value is -0.870. The van der Waals surface area contributed by atoms with Crippen LogP contribution in [0.25, 0.3) is 0 Å². The first-order valence-corrected chi connectivity index (χ1v) is 7.13. The molecular weight excluding hydrogens is 238 g/mol. The van der Waals surface area contributed by atoms with Crippen LogP contribution in [0.4, 0.5) is 0 Å². The Bertz CT molecular complexity index is 315.